The van der Waals surface area contributed by atoms with E-state index in [-0.39, 0.29) is 29.6 Å². The van der Waals surface area contributed by atoms with Crippen LogP contribution < -0.4 is 20.5 Å². The van der Waals surface area contributed by atoms with Crippen molar-refractivity contribution in [3.05, 3.63) is 52.6 Å². The molecule has 0 aromatic heterocycles. The van der Waals surface area contributed by atoms with Crippen LogP contribution in [0.4, 0.5) is 5.69 Å². The first-order chi connectivity index (χ1) is 14.9. The minimum absolute atomic E-state index is 0.0608. The van der Waals surface area contributed by atoms with E-state index in [2.05, 4.69) is 39.9 Å². The van der Waals surface area contributed by atoms with Crippen LogP contribution in [0.1, 0.15) is 74.0 Å². The fraction of sp³-hybridized carbons (Fsp3) is 0.462. The van der Waals surface area contributed by atoms with E-state index in [9.17, 15) is 9.59 Å². The fourth-order valence-electron chi connectivity index (χ4n) is 4.25. The van der Waals surface area contributed by atoms with E-state index in [1.807, 2.05) is 25.1 Å². The third-order valence-electron chi connectivity index (χ3n) is 5.69. The van der Waals surface area contributed by atoms with Crippen LogP contribution >= 0.6 is 0 Å². The summed E-state index contributed by atoms with van der Waals surface area (Å²) in [5, 5.41) is 3.06. The standard InChI is InChI=1S/C26H36N2O4/c1-15(2)20(19-10-9-18(31-7)13-22(19)32-8)14-23(29)28-21-12-17(25(27)30)11-16(3)24(21)26(4,5)6/h9-13,15,20H,14H2,1-8H3,(H2,27,30)(H,28,29). The lowest BCUT2D eigenvalue weighted by Crippen LogP contribution is -2.24. The maximum absolute atomic E-state index is 13.2. The number of primary amides is 1. The summed E-state index contributed by atoms with van der Waals surface area (Å²) < 4.78 is 10.9. The number of carbonyl (C=O) groups is 2. The topological polar surface area (TPSA) is 90.6 Å². The van der Waals surface area contributed by atoms with Crippen LogP contribution in [0.2, 0.25) is 0 Å². The lowest BCUT2D eigenvalue weighted by atomic mass is 9.81. The number of amides is 2. The average molecular weight is 441 g/mol. The van der Waals surface area contributed by atoms with E-state index in [4.69, 9.17) is 15.2 Å². The summed E-state index contributed by atoms with van der Waals surface area (Å²) in [5.41, 5.74) is 9.16. The molecule has 0 aliphatic rings. The Morgan fingerprint density at radius 1 is 1.06 bits per heavy atom. The zero-order chi connectivity index (χ0) is 24.2. The summed E-state index contributed by atoms with van der Waals surface area (Å²) in [6.07, 6.45) is 0.268. The Balaban J connectivity index is 2.41. The van der Waals surface area contributed by atoms with E-state index in [1.54, 1.807) is 26.4 Å². The second-order valence-electron chi connectivity index (χ2n) is 9.54. The number of nitrogens with one attached hydrogen (secondary N) is 1. The first kappa shape index (κ1) is 25.2. The Morgan fingerprint density at radius 2 is 1.72 bits per heavy atom. The Bertz CT molecular complexity index is 990. The molecule has 0 aliphatic carbocycles. The van der Waals surface area contributed by atoms with Crippen molar-refractivity contribution in [2.45, 2.75) is 59.3 Å². The number of methoxy groups -OCH3 is 2. The number of hydrogen-bond acceptors (Lipinski definition) is 4. The molecular weight excluding hydrogens is 404 g/mol. The van der Waals surface area contributed by atoms with Crippen LogP contribution in [0.3, 0.4) is 0 Å². The highest BCUT2D eigenvalue weighted by Gasteiger charge is 2.26. The second-order valence-corrected chi connectivity index (χ2v) is 9.54. The van der Waals surface area contributed by atoms with Gasteiger partial charge in [-0.2, -0.15) is 0 Å². The zero-order valence-electron chi connectivity index (χ0n) is 20.5. The zero-order valence-corrected chi connectivity index (χ0v) is 20.5. The van der Waals surface area contributed by atoms with Gasteiger partial charge in [-0.15, -0.1) is 0 Å². The fourth-order valence-corrected chi connectivity index (χ4v) is 4.25. The highest BCUT2D eigenvalue weighted by molar-refractivity contribution is 5.97. The molecule has 174 valence electrons. The van der Waals surface area contributed by atoms with Gasteiger partial charge < -0.3 is 20.5 Å². The molecule has 0 heterocycles. The number of benzene rings is 2. The molecule has 0 aliphatic heterocycles. The number of anilines is 1. The van der Waals surface area contributed by atoms with Crippen LogP contribution in [-0.2, 0) is 10.2 Å². The van der Waals surface area contributed by atoms with Gasteiger partial charge in [0.1, 0.15) is 11.5 Å². The normalized spacial score (nSPS) is 12.4. The van der Waals surface area contributed by atoms with E-state index >= 15 is 0 Å². The van der Waals surface area contributed by atoms with Gasteiger partial charge >= 0.3 is 0 Å². The van der Waals surface area contributed by atoms with Crippen LogP contribution in [-0.4, -0.2) is 26.0 Å². The molecule has 2 aromatic rings. The van der Waals surface area contributed by atoms with Crippen molar-refractivity contribution >= 4 is 17.5 Å². The number of aryl methyl sites for hydroxylation is 1. The molecule has 0 fully saturated rings. The molecule has 2 aromatic carbocycles. The Labute approximate surface area is 191 Å². The van der Waals surface area contributed by atoms with Crippen molar-refractivity contribution in [2.24, 2.45) is 11.7 Å². The maximum Gasteiger partial charge on any atom is 0.248 e. The predicted molar refractivity (Wildman–Crippen MR) is 129 cm³/mol. The van der Waals surface area contributed by atoms with Crippen molar-refractivity contribution in [3.63, 3.8) is 0 Å². The number of carbonyl (C=O) groups excluding carboxylic acids is 2. The van der Waals surface area contributed by atoms with Gasteiger partial charge in [0.05, 0.1) is 14.2 Å². The van der Waals surface area contributed by atoms with E-state index in [1.165, 1.54) is 0 Å². The SMILES string of the molecule is COc1ccc(C(CC(=O)Nc2cc(C(N)=O)cc(C)c2C(C)(C)C)C(C)C)c(OC)c1. The van der Waals surface area contributed by atoms with E-state index < -0.39 is 5.91 Å². The van der Waals surface area contributed by atoms with Gasteiger partial charge in [0.2, 0.25) is 11.8 Å². The number of nitrogens with two attached hydrogens (primary N) is 1. The van der Waals surface area contributed by atoms with Crippen LogP contribution in [0, 0.1) is 12.8 Å². The summed E-state index contributed by atoms with van der Waals surface area (Å²) in [5.74, 6) is 0.877. The lowest BCUT2D eigenvalue weighted by Gasteiger charge is -2.27. The molecule has 2 rings (SSSR count). The van der Waals surface area contributed by atoms with Crippen LogP contribution in [0.5, 0.6) is 11.5 Å². The molecule has 0 spiro atoms. The molecule has 6 heteroatoms. The smallest absolute Gasteiger partial charge is 0.248 e. The molecule has 3 N–H and O–H groups in total. The number of rotatable bonds is 8. The Morgan fingerprint density at radius 3 is 2.22 bits per heavy atom. The summed E-state index contributed by atoms with van der Waals surface area (Å²) in [4.78, 5) is 25.0. The second kappa shape index (κ2) is 10.1. The third kappa shape index (κ3) is 5.81. The van der Waals surface area contributed by atoms with Gasteiger partial charge in [0.25, 0.3) is 0 Å². The minimum atomic E-state index is -0.521. The van der Waals surface area contributed by atoms with Gasteiger partial charge in [-0.25, -0.2) is 0 Å². The number of hydrogen-bond donors (Lipinski definition) is 2. The average Bonchev–Trinajstić information content (AvgIpc) is 2.69. The Kier molecular flexibility index (Phi) is 7.94. The van der Waals surface area contributed by atoms with Gasteiger partial charge in [0.15, 0.2) is 0 Å². The summed E-state index contributed by atoms with van der Waals surface area (Å²) in [7, 11) is 3.22. The molecule has 1 atom stereocenters. The molecule has 0 saturated carbocycles. The largest absolute Gasteiger partial charge is 0.497 e. The highest BCUT2D eigenvalue weighted by Crippen LogP contribution is 2.38. The predicted octanol–water partition coefficient (Wildman–Crippen LogP) is 5.18. The molecule has 0 bridgehead atoms. The van der Waals surface area contributed by atoms with E-state index in [0.29, 0.717) is 22.7 Å². The first-order valence-corrected chi connectivity index (χ1v) is 10.9. The van der Waals surface area contributed by atoms with Gasteiger partial charge in [-0.1, -0.05) is 40.7 Å². The minimum Gasteiger partial charge on any atom is -0.497 e. The van der Waals surface area contributed by atoms with Crippen molar-refractivity contribution in [2.75, 3.05) is 19.5 Å². The van der Waals surface area contributed by atoms with E-state index in [0.717, 1.165) is 16.7 Å². The van der Waals surface area contributed by atoms with Crippen molar-refractivity contribution < 1.29 is 19.1 Å². The molecule has 2 amide bonds. The molecule has 6 nitrogen and oxygen atoms in total. The van der Waals surface area contributed by atoms with Crippen molar-refractivity contribution in [3.8, 4) is 11.5 Å². The van der Waals surface area contributed by atoms with Gasteiger partial charge in [0, 0.05) is 23.7 Å². The molecule has 0 radical (unpaired) electrons. The van der Waals surface area contributed by atoms with Gasteiger partial charge in [-0.3, -0.25) is 9.59 Å². The van der Waals surface area contributed by atoms with Gasteiger partial charge in [-0.05, 0) is 59.1 Å². The summed E-state index contributed by atoms with van der Waals surface area (Å²) in [6.45, 7) is 12.3. The third-order valence-corrected chi connectivity index (χ3v) is 5.69. The molecule has 32 heavy (non-hydrogen) atoms. The van der Waals surface area contributed by atoms with Crippen molar-refractivity contribution in [1.29, 1.82) is 0 Å². The monoisotopic (exact) mass is 440 g/mol. The summed E-state index contributed by atoms with van der Waals surface area (Å²) >= 11 is 0. The molecule has 0 saturated heterocycles. The highest BCUT2D eigenvalue weighted by atomic mass is 16.5. The lowest BCUT2D eigenvalue weighted by molar-refractivity contribution is -0.116. The summed E-state index contributed by atoms with van der Waals surface area (Å²) in [6, 6.07) is 9.11. The molecule has 1 unspecified atom stereocenters. The number of ether oxygens (including phenoxy) is 2. The van der Waals surface area contributed by atoms with Crippen molar-refractivity contribution in [1.82, 2.24) is 0 Å². The molecular formula is C26H36N2O4. The Hall–Kier alpha value is -3.02. The maximum atomic E-state index is 13.2. The quantitative estimate of drug-likeness (QED) is 0.592. The van der Waals surface area contributed by atoms with Crippen LogP contribution in [0.15, 0.2) is 30.3 Å². The first-order valence-electron chi connectivity index (χ1n) is 10.9. The van der Waals surface area contributed by atoms with Crippen LogP contribution in [0.25, 0.3) is 0 Å².